The molecule has 0 saturated carbocycles. The molecule has 5 nitrogen and oxygen atoms in total. The first kappa shape index (κ1) is 19.4. The molecule has 1 aromatic carbocycles. The second-order valence-electron chi connectivity index (χ2n) is 7.52. The van der Waals surface area contributed by atoms with Crippen molar-refractivity contribution >= 4 is 5.82 Å². The van der Waals surface area contributed by atoms with Crippen LogP contribution >= 0.6 is 0 Å². The van der Waals surface area contributed by atoms with E-state index in [0.717, 1.165) is 38.1 Å². The van der Waals surface area contributed by atoms with E-state index in [4.69, 9.17) is 0 Å². The Morgan fingerprint density at radius 2 is 1.96 bits per heavy atom. The summed E-state index contributed by atoms with van der Waals surface area (Å²) < 4.78 is 38.6. The minimum Gasteiger partial charge on any atom is -0.507 e. The van der Waals surface area contributed by atoms with Gasteiger partial charge >= 0.3 is 6.18 Å². The van der Waals surface area contributed by atoms with Crippen molar-refractivity contribution in [3.63, 3.8) is 0 Å². The first-order chi connectivity index (χ1) is 12.6. The Hall–Kier alpha value is -2.35. The van der Waals surface area contributed by atoms with Crippen LogP contribution in [0.3, 0.4) is 0 Å². The molecule has 27 heavy (non-hydrogen) atoms. The van der Waals surface area contributed by atoms with Crippen LogP contribution in [0.4, 0.5) is 19.0 Å². The number of hydrogen-bond donors (Lipinski definition) is 2. The summed E-state index contributed by atoms with van der Waals surface area (Å²) in [6.07, 6.45) is -2.41. The Bertz CT molecular complexity index is 800. The van der Waals surface area contributed by atoms with Gasteiger partial charge in [0.05, 0.1) is 11.3 Å². The molecule has 0 spiro atoms. The van der Waals surface area contributed by atoms with E-state index in [9.17, 15) is 18.3 Å². The largest absolute Gasteiger partial charge is 0.507 e. The van der Waals surface area contributed by atoms with Crippen molar-refractivity contribution in [2.45, 2.75) is 38.4 Å². The van der Waals surface area contributed by atoms with Crippen molar-refractivity contribution < 1.29 is 18.3 Å². The van der Waals surface area contributed by atoms with Crippen molar-refractivity contribution in [1.82, 2.24) is 15.1 Å². The number of phenolic OH excluding ortho intramolecular Hbond substituents is 1. The van der Waals surface area contributed by atoms with Gasteiger partial charge in [-0.3, -0.25) is 0 Å². The van der Waals surface area contributed by atoms with Gasteiger partial charge in [-0.25, -0.2) is 0 Å². The van der Waals surface area contributed by atoms with Crippen LogP contribution in [0.1, 0.15) is 30.9 Å². The van der Waals surface area contributed by atoms with Crippen molar-refractivity contribution in [2.24, 2.45) is 0 Å². The normalized spacial score (nSPS) is 21.3. The number of piperidine rings is 1. The van der Waals surface area contributed by atoms with E-state index in [1.165, 1.54) is 6.92 Å². The van der Waals surface area contributed by atoms with Crippen molar-refractivity contribution in [3.8, 4) is 17.0 Å². The fraction of sp³-hybridized carbons (Fsp3) is 0.474. The molecule has 0 aliphatic carbocycles. The lowest BCUT2D eigenvalue weighted by Gasteiger charge is -2.39. The van der Waals surface area contributed by atoms with Crippen molar-refractivity contribution in [1.29, 1.82) is 0 Å². The molecule has 146 valence electrons. The Morgan fingerprint density at radius 3 is 2.52 bits per heavy atom. The zero-order chi connectivity index (χ0) is 19.8. The predicted octanol–water partition coefficient (Wildman–Crippen LogP) is 4.07. The van der Waals surface area contributed by atoms with E-state index < -0.39 is 17.5 Å². The van der Waals surface area contributed by atoms with Crippen LogP contribution in [-0.2, 0) is 6.18 Å². The van der Waals surface area contributed by atoms with Gasteiger partial charge in [0.15, 0.2) is 0 Å². The maximum atomic E-state index is 12.9. The van der Waals surface area contributed by atoms with Crippen molar-refractivity contribution in [3.05, 3.63) is 35.4 Å². The lowest BCUT2D eigenvalue weighted by atomic mass is 9.91. The highest BCUT2D eigenvalue weighted by molar-refractivity contribution is 5.71. The molecule has 3 rings (SSSR count). The fourth-order valence-corrected chi connectivity index (χ4v) is 3.70. The van der Waals surface area contributed by atoms with Crippen molar-refractivity contribution in [2.75, 3.05) is 25.5 Å². The number of rotatable bonds is 3. The Morgan fingerprint density at radius 1 is 1.22 bits per heavy atom. The van der Waals surface area contributed by atoms with E-state index in [1.807, 2.05) is 0 Å². The van der Waals surface area contributed by atoms with Crippen LogP contribution in [-0.4, -0.2) is 45.9 Å². The molecule has 2 aromatic rings. The molecular formula is C19H23F3N4O. The number of anilines is 1. The highest BCUT2D eigenvalue weighted by Crippen LogP contribution is 2.38. The van der Waals surface area contributed by atoms with Gasteiger partial charge in [0, 0.05) is 17.6 Å². The quantitative estimate of drug-likeness (QED) is 0.841. The predicted molar refractivity (Wildman–Crippen MR) is 97.6 cm³/mol. The molecule has 1 unspecified atom stereocenters. The number of likely N-dealkylation sites (N-methyl/N-ethyl adjacent to an activating group) is 1. The van der Waals surface area contributed by atoms with E-state index >= 15 is 0 Å². The summed E-state index contributed by atoms with van der Waals surface area (Å²) in [4.78, 5) is 2.25. The van der Waals surface area contributed by atoms with Gasteiger partial charge < -0.3 is 15.3 Å². The molecule has 1 atom stereocenters. The molecule has 2 heterocycles. The number of nitrogens with one attached hydrogen (secondary N) is 1. The summed E-state index contributed by atoms with van der Waals surface area (Å²) in [6.45, 7) is 5.59. The molecule has 0 radical (unpaired) electrons. The number of benzene rings is 1. The standard InChI is InChI=1S/C19H23F3N4O/c1-12-9-13(19(20,21)22)10-15(27)17(12)14-5-6-16(25-24-14)23-18(2)7-4-8-26(3)11-18/h5-6,9-10,27H,4,7-8,11H2,1-3H3,(H,23,25). The molecule has 0 amide bonds. The zero-order valence-corrected chi connectivity index (χ0v) is 15.6. The smallest absolute Gasteiger partial charge is 0.416 e. The second kappa shape index (κ2) is 6.99. The third-order valence-corrected chi connectivity index (χ3v) is 4.88. The molecule has 1 aromatic heterocycles. The van der Waals surface area contributed by atoms with Crippen LogP contribution < -0.4 is 5.32 Å². The Kier molecular flexibility index (Phi) is 5.03. The zero-order valence-electron chi connectivity index (χ0n) is 15.6. The molecule has 8 heteroatoms. The average molecular weight is 380 g/mol. The number of alkyl halides is 3. The van der Waals surface area contributed by atoms with Crippen LogP contribution in [0.5, 0.6) is 5.75 Å². The van der Waals surface area contributed by atoms with Gasteiger partial charge in [-0.2, -0.15) is 13.2 Å². The maximum absolute atomic E-state index is 12.9. The number of aromatic hydroxyl groups is 1. The molecule has 1 aliphatic heterocycles. The number of halogens is 3. The second-order valence-corrected chi connectivity index (χ2v) is 7.52. The topological polar surface area (TPSA) is 61.3 Å². The Balaban J connectivity index is 1.84. The molecule has 2 N–H and O–H groups in total. The number of aromatic nitrogens is 2. The fourth-order valence-electron chi connectivity index (χ4n) is 3.70. The summed E-state index contributed by atoms with van der Waals surface area (Å²) in [5.41, 5.74) is -0.129. The van der Waals surface area contributed by atoms with Crippen LogP contribution in [0.2, 0.25) is 0 Å². The minimum absolute atomic E-state index is 0.115. The average Bonchev–Trinajstić information content (AvgIpc) is 2.54. The van der Waals surface area contributed by atoms with E-state index in [1.54, 1.807) is 12.1 Å². The summed E-state index contributed by atoms with van der Waals surface area (Å²) in [5.74, 6) is 0.138. The summed E-state index contributed by atoms with van der Waals surface area (Å²) >= 11 is 0. The van der Waals surface area contributed by atoms with Gasteiger partial charge in [-0.15, -0.1) is 10.2 Å². The third-order valence-electron chi connectivity index (χ3n) is 4.88. The highest BCUT2D eigenvalue weighted by Gasteiger charge is 2.32. The lowest BCUT2D eigenvalue weighted by Crippen LogP contribution is -2.49. The lowest BCUT2D eigenvalue weighted by molar-refractivity contribution is -0.137. The van der Waals surface area contributed by atoms with E-state index in [0.29, 0.717) is 17.1 Å². The number of phenols is 1. The molecule has 0 bridgehead atoms. The Labute approximate surface area is 156 Å². The van der Waals surface area contributed by atoms with Crippen LogP contribution in [0.25, 0.3) is 11.3 Å². The number of hydrogen-bond acceptors (Lipinski definition) is 5. The van der Waals surface area contributed by atoms with Gasteiger partial charge in [-0.1, -0.05) is 0 Å². The molecule has 1 aliphatic rings. The maximum Gasteiger partial charge on any atom is 0.416 e. The molecule has 1 fully saturated rings. The number of nitrogens with zero attached hydrogens (tertiary/aromatic N) is 3. The summed E-state index contributed by atoms with van der Waals surface area (Å²) in [7, 11) is 2.07. The van der Waals surface area contributed by atoms with Gasteiger partial charge in [-0.05, 0) is 70.1 Å². The van der Waals surface area contributed by atoms with E-state index in [-0.39, 0.29) is 11.1 Å². The van der Waals surface area contributed by atoms with Gasteiger partial charge in [0.1, 0.15) is 11.6 Å². The third kappa shape index (κ3) is 4.32. The molecule has 1 saturated heterocycles. The first-order valence-electron chi connectivity index (χ1n) is 8.79. The van der Waals surface area contributed by atoms with Crippen LogP contribution in [0.15, 0.2) is 24.3 Å². The summed E-state index contributed by atoms with van der Waals surface area (Å²) in [6, 6.07) is 5.11. The van der Waals surface area contributed by atoms with Gasteiger partial charge in [0.25, 0.3) is 0 Å². The van der Waals surface area contributed by atoms with Gasteiger partial charge in [0.2, 0.25) is 0 Å². The number of aryl methyl sites for hydroxylation is 1. The molecular weight excluding hydrogens is 357 g/mol. The first-order valence-corrected chi connectivity index (χ1v) is 8.79. The number of likely N-dealkylation sites (tertiary alicyclic amines) is 1. The highest BCUT2D eigenvalue weighted by atomic mass is 19.4. The minimum atomic E-state index is -4.51. The monoisotopic (exact) mass is 380 g/mol. The van der Waals surface area contributed by atoms with E-state index in [2.05, 4.69) is 34.4 Å². The van der Waals surface area contributed by atoms with Crippen LogP contribution in [0, 0.1) is 6.92 Å². The summed E-state index contributed by atoms with van der Waals surface area (Å²) in [5, 5.41) is 21.8. The SMILES string of the molecule is Cc1cc(C(F)(F)F)cc(O)c1-c1ccc(NC2(C)CCCN(C)C2)nn1.